The number of nitrogens with zero attached hydrogens (tertiary/aromatic N) is 3. The second-order valence-electron chi connectivity index (χ2n) is 5.58. The molecule has 0 spiro atoms. The molecule has 7 nitrogen and oxygen atoms in total. The second kappa shape index (κ2) is 6.64. The van der Waals surface area contributed by atoms with Crippen LogP contribution in [0.1, 0.15) is 15.9 Å². The van der Waals surface area contributed by atoms with Gasteiger partial charge in [0, 0.05) is 12.1 Å². The Morgan fingerprint density at radius 1 is 1.12 bits per heavy atom. The quantitative estimate of drug-likeness (QED) is 0.771. The minimum Gasteiger partial charge on any atom is -0.454 e. The molecule has 1 amide bonds. The van der Waals surface area contributed by atoms with Gasteiger partial charge in [0.05, 0.1) is 5.69 Å². The van der Waals surface area contributed by atoms with Gasteiger partial charge in [0.25, 0.3) is 5.91 Å². The van der Waals surface area contributed by atoms with Crippen LogP contribution in [-0.2, 0) is 6.42 Å². The van der Waals surface area contributed by atoms with Gasteiger partial charge < -0.3 is 14.8 Å². The number of ether oxygens (including phenoxy) is 2. The van der Waals surface area contributed by atoms with Gasteiger partial charge in [-0.3, -0.25) is 4.79 Å². The standard InChI is InChI=1S/C18H16N4O3/c23-18(14-2-4-15(5-3-14)22-11-19-10-21-22)20-8-7-13-1-6-16-17(9-13)25-12-24-16/h1-6,9-11H,7-8,12H2,(H,20,23). The van der Waals surface area contributed by atoms with Crippen molar-refractivity contribution in [1.29, 1.82) is 0 Å². The van der Waals surface area contributed by atoms with Gasteiger partial charge in [0.2, 0.25) is 6.79 Å². The van der Waals surface area contributed by atoms with Crippen LogP contribution in [0.5, 0.6) is 11.5 Å². The first kappa shape index (κ1) is 15.2. The zero-order chi connectivity index (χ0) is 17.1. The van der Waals surface area contributed by atoms with E-state index in [1.165, 1.54) is 6.33 Å². The lowest BCUT2D eigenvalue weighted by Gasteiger charge is -2.07. The van der Waals surface area contributed by atoms with Crippen molar-refractivity contribution in [3.63, 3.8) is 0 Å². The SMILES string of the molecule is O=C(NCCc1ccc2c(c1)OCO2)c1ccc(-n2cncn2)cc1. The van der Waals surface area contributed by atoms with Crippen LogP contribution in [0.15, 0.2) is 55.1 Å². The number of fused-ring (bicyclic) bond motifs is 1. The molecular formula is C18H16N4O3. The Morgan fingerprint density at radius 2 is 1.96 bits per heavy atom. The summed E-state index contributed by atoms with van der Waals surface area (Å²) in [7, 11) is 0. The van der Waals surface area contributed by atoms with Gasteiger partial charge >= 0.3 is 0 Å². The largest absolute Gasteiger partial charge is 0.454 e. The third kappa shape index (κ3) is 3.30. The molecule has 3 aromatic rings. The highest BCUT2D eigenvalue weighted by molar-refractivity contribution is 5.94. The molecule has 25 heavy (non-hydrogen) atoms. The number of amides is 1. The molecule has 1 aromatic heterocycles. The number of aromatic nitrogens is 3. The van der Waals surface area contributed by atoms with Crippen LogP contribution in [0.3, 0.4) is 0 Å². The number of hydrogen-bond acceptors (Lipinski definition) is 5. The summed E-state index contributed by atoms with van der Waals surface area (Å²) >= 11 is 0. The Bertz CT molecular complexity index is 876. The molecule has 1 aliphatic heterocycles. The fourth-order valence-corrected chi connectivity index (χ4v) is 2.63. The predicted octanol–water partition coefficient (Wildman–Crippen LogP) is 1.97. The molecule has 0 fully saturated rings. The molecular weight excluding hydrogens is 320 g/mol. The Kier molecular flexibility index (Phi) is 4.04. The second-order valence-corrected chi connectivity index (χ2v) is 5.58. The molecule has 4 rings (SSSR count). The highest BCUT2D eigenvalue weighted by atomic mass is 16.7. The minimum atomic E-state index is -0.106. The van der Waals surface area contributed by atoms with E-state index in [2.05, 4.69) is 15.4 Å². The Hall–Kier alpha value is -3.35. The van der Waals surface area contributed by atoms with E-state index in [1.807, 2.05) is 30.3 Å². The third-order valence-electron chi connectivity index (χ3n) is 3.95. The minimum absolute atomic E-state index is 0.106. The van der Waals surface area contributed by atoms with Crippen molar-refractivity contribution < 1.29 is 14.3 Å². The smallest absolute Gasteiger partial charge is 0.251 e. The zero-order valence-electron chi connectivity index (χ0n) is 13.4. The lowest BCUT2D eigenvalue weighted by Crippen LogP contribution is -2.25. The van der Waals surface area contributed by atoms with Crippen molar-refractivity contribution in [1.82, 2.24) is 20.1 Å². The molecule has 126 valence electrons. The molecule has 0 saturated carbocycles. The molecule has 0 radical (unpaired) electrons. The van der Waals surface area contributed by atoms with Gasteiger partial charge in [-0.15, -0.1) is 0 Å². The summed E-state index contributed by atoms with van der Waals surface area (Å²) in [4.78, 5) is 16.1. The average Bonchev–Trinajstić information content (AvgIpc) is 3.33. The number of carbonyl (C=O) groups is 1. The van der Waals surface area contributed by atoms with Crippen molar-refractivity contribution >= 4 is 5.91 Å². The maximum Gasteiger partial charge on any atom is 0.251 e. The number of nitrogens with one attached hydrogen (secondary N) is 1. The molecule has 0 aliphatic carbocycles. The first-order chi connectivity index (χ1) is 12.3. The molecule has 1 N–H and O–H groups in total. The third-order valence-corrected chi connectivity index (χ3v) is 3.95. The van der Waals surface area contributed by atoms with E-state index < -0.39 is 0 Å². The van der Waals surface area contributed by atoms with E-state index in [1.54, 1.807) is 23.1 Å². The van der Waals surface area contributed by atoms with Crippen LogP contribution in [0.2, 0.25) is 0 Å². The van der Waals surface area contributed by atoms with Gasteiger partial charge in [-0.05, 0) is 48.4 Å². The van der Waals surface area contributed by atoms with Crippen LogP contribution in [0, 0.1) is 0 Å². The number of carbonyl (C=O) groups excluding carboxylic acids is 1. The van der Waals surface area contributed by atoms with Gasteiger partial charge in [0.1, 0.15) is 12.7 Å². The summed E-state index contributed by atoms with van der Waals surface area (Å²) in [6, 6.07) is 13.0. The average molecular weight is 336 g/mol. The highest BCUT2D eigenvalue weighted by Gasteiger charge is 2.13. The molecule has 7 heteroatoms. The Balaban J connectivity index is 1.33. The normalized spacial score (nSPS) is 12.2. The van der Waals surface area contributed by atoms with E-state index >= 15 is 0 Å². The van der Waals surface area contributed by atoms with E-state index in [4.69, 9.17) is 9.47 Å². The molecule has 0 bridgehead atoms. The maximum atomic E-state index is 12.2. The molecule has 0 atom stereocenters. The topological polar surface area (TPSA) is 78.3 Å². The van der Waals surface area contributed by atoms with Crippen LogP contribution in [0.4, 0.5) is 0 Å². The fourth-order valence-electron chi connectivity index (χ4n) is 2.63. The predicted molar refractivity (Wildman–Crippen MR) is 90.0 cm³/mol. The van der Waals surface area contributed by atoms with Crippen molar-refractivity contribution in [3.05, 3.63) is 66.2 Å². The Labute approximate surface area is 144 Å². The molecule has 1 aliphatic rings. The zero-order valence-corrected chi connectivity index (χ0v) is 13.4. The molecule has 2 aromatic carbocycles. The summed E-state index contributed by atoms with van der Waals surface area (Å²) in [5.41, 5.74) is 2.55. The van der Waals surface area contributed by atoms with Gasteiger partial charge in [0.15, 0.2) is 11.5 Å². The van der Waals surface area contributed by atoms with E-state index in [0.717, 1.165) is 29.2 Å². The maximum absolute atomic E-state index is 12.2. The van der Waals surface area contributed by atoms with Crippen LogP contribution in [-0.4, -0.2) is 34.0 Å². The van der Waals surface area contributed by atoms with Gasteiger partial charge in [-0.25, -0.2) is 9.67 Å². The molecule has 2 heterocycles. The van der Waals surface area contributed by atoms with Crippen LogP contribution in [0.25, 0.3) is 5.69 Å². The summed E-state index contributed by atoms with van der Waals surface area (Å²) in [6.07, 6.45) is 3.80. The highest BCUT2D eigenvalue weighted by Crippen LogP contribution is 2.32. The first-order valence-corrected chi connectivity index (χ1v) is 7.91. The lowest BCUT2D eigenvalue weighted by molar-refractivity contribution is 0.0954. The summed E-state index contributed by atoms with van der Waals surface area (Å²) in [5, 5.41) is 6.98. The van der Waals surface area contributed by atoms with Gasteiger partial charge in [-0.2, -0.15) is 5.10 Å². The van der Waals surface area contributed by atoms with E-state index in [-0.39, 0.29) is 12.7 Å². The van der Waals surface area contributed by atoms with Gasteiger partial charge in [-0.1, -0.05) is 6.07 Å². The number of hydrogen-bond donors (Lipinski definition) is 1. The monoisotopic (exact) mass is 336 g/mol. The molecule has 0 saturated heterocycles. The first-order valence-electron chi connectivity index (χ1n) is 7.91. The van der Waals surface area contributed by atoms with E-state index in [0.29, 0.717) is 12.1 Å². The molecule has 0 unspecified atom stereocenters. The summed E-state index contributed by atoms with van der Waals surface area (Å²) in [6.45, 7) is 0.809. The number of benzene rings is 2. The Morgan fingerprint density at radius 3 is 2.76 bits per heavy atom. The number of rotatable bonds is 5. The van der Waals surface area contributed by atoms with Crippen molar-refractivity contribution in [2.24, 2.45) is 0 Å². The lowest BCUT2D eigenvalue weighted by atomic mass is 10.1. The summed E-state index contributed by atoms with van der Waals surface area (Å²) < 4.78 is 12.3. The fraction of sp³-hybridized carbons (Fsp3) is 0.167. The van der Waals surface area contributed by atoms with Crippen molar-refractivity contribution in [2.75, 3.05) is 13.3 Å². The van der Waals surface area contributed by atoms with Crippen molar-refractivity contribution in [3.8, 4) is 17.2 Å². The van der Waals surface area contributed by atoms with E-state index in [9.17, 15) is 4.79 Å². The van der Waals surface area contributed by atoms with Crippen LogP contribution >= 0.6 is 0 Å². The van der Waals surface area contributed by atoms with Crippen LogP contribution < -0.4 is 14.8 Å². The summed E-state index contributed by atoms with van der Waals surface area (Å²) in [5.74, 6) is 1.42. The van der Waals surface area contributed by atoms with Crippen molar-refractivity contribution in [2.45, 2.75) is 6.42 Å².